The molecule has 2 aromatic rings. The molecule has 144 valence electrons. The second kappa shape index (κ2) is 8.57. The maximum atomic E-state index is 12.6. The molecule has 0 heterocycles. The fraction of sp³-hybridized carbons (Fsp3) is 0.263. The highest BCUT2D eigenvalue weighted by Gasteiger charge is 2.30. The lowest BCUT2D eigenvalue weighted by Gasteiger charge is -2.13. The van der Waals surface area contributed by atoms with E-state index in [4.69, 9.17) is 9.84 Å². The van der Waals surface area contributed by atoms with E-state index in [1.165, 1.54) is 24.3 Å². The van der Waals surface area contributed by atoms with Crippen LogP contribution in [0.3, 0.4) is 0 Å². The molecular weight excluding hydrogens is 363 g/mol. The summed E-state index contributed by atoms with van der Waals surface area (Å²) in [5.74, 6) is -1.48. The molecule has 0 radical (unpaired) electrons. The van der Waals surface area contributed by atoms with Crippen LogP contribution in [0.5, 0.6) is 5.75 Å². The highest BCUT2D eigenvalue weighted by molar-refractivity contribution is 5.92. The third-order valence-corrected chi connectivity index (χ3v) is 3.75. The summed E-state index contributed by atoms with van der Waals surface area (Å²) in [6.07, 6.45) is -4.09. The van der Waals surface area contributed by atoms with Crippen molar-refractivity contribution in [3.63, 3.8) is 0 Å². The molecule has 27 heavy (non-hydrogen) atoms. The normalized spacial score (nSPS) is 12.3. The van der Waals surface area contributed by atoms with Crippen LogP contribution >= 0.6 is 0 Å². The summed E-state index contributed by atoms with van der Waals surface area (Å²) in [5, 5.41) is 11.2. The van der Waals surface area contributed by atoms with Crippen LogP contribution in [0.4, 0.5) is 18.9 Å². The van der Waals surface area contributed by atoms with E-state index >= 15 is 0 Å². The van der Waals surface area contributed by atoms with Crippen LogP contribution in [0.25, 0.3) is 0 Å². The molecule has 0 saturated heterocycles. The average Bonchev–Trinajstić information content (AvgIpc) is 2.60. The molecule has 2 aromatic carbocycles. The molecule has 8 heteroatoms. The summed E-state index contributed by atoms with van der Waals surface area (Å²) in [5.41, 5.74) is 0.401. The van der Waals surface area contributed by atoms with Crippen molar-refractivity contribution in [3.8, 4) is 5.75 Å². The Morgan fingerprint density at radius 1 is 1.07 bits per heavy atom. The van der Waals surface area contributed by atoms with Crippen molar-refractivity contribution in [2.45, 2.75) is 19.5 Å². The van der Waals surface area contributed by atoms with E-state index < -0.39 is 30.2 Å². The minimum Gasteiger partial charge on any atom is -0.482 e. The molecule has 0 spiro atoms. The maximum Gasteiger partial charge on any atom is 0.416 e. The van der Waals surface area contributed by atoms with E-state index in [0.717, 1.165) is 12.1 Å². The SMILES string of the molecule is CC(Cc1ccc(C(F)(F)F)cc1)C(=O)Nc1ccc(OCC(=O)O)cc1. The average molecular weight is 381 g/mol. The number of benzene rings is 2. The molecule has 5 nitrogen and oxygen atoms in total. The Kier molecular flexibility index (Phi) is 6.44. The molecule has 1 atom stereocenters. The summed E-state index contributed by atoms with van der Waals surface area (Å²) >= 11 is 0. The number of ether oxygens (including phenoxy) is 1. The van der Waals surface area contributed by atoms with E-state index in [1.807, 2.05) is 0 Å². The number of carbonyl (C=O) groups excluding carboxylic acids is 1. The van der Waals surface area contributed by atoms with Crippen molar-refractivity contribution in [1.29, 1.82) is 0 Å². The summed E-state index contributed by atoms with van der Waals surface area (Å²) in [4.78, 5) is 22.7. The number of halogens is 3. The lowest BCUT2D eigenvalue weighted by molar-refractivity contribution is -0.139. The van der Waals surface area contributed by atoms with E-state index in [-0.39, 0.29) is 5.91 Å². The standard InChI is InChI=1S/C19H18F3NO4/c1-12(10-13-2-4-14(5-3-13)19(20,21)22)18(26)23-15-6-8-16(9-7-15)27-11-17(24)25/h2-9,12H,10-11H2,1H3,(H,23,26)(H,24,25). The Labute approximate surface area is 153 Å². The van der Waals surface area contributed by atoms with Gasteiger partial charge in [0.2, 0.25) is 5.91 Å². The van der Waals surface area contributed by atoms with Crippen LogP contribution in [0.15, 0.2) is 48.5 Å². The third kappa shape index (κ3) is 6.32. The number of nitrogens with one attached hydrogen (secondary N) is 1. The van der Waals surface area contributed by atoms with Gasteiger partial charge in [-0.1, -0.05) is 19.1 Å². The largest absolute Gasteiger partial charge is 0.482 e. The van der Waals surface area contributed by atoms with Crippen LogP contribution in [0, 0.1) is 5.92 Å². The summed E-state index contributed by atoms with van der Waals surface area (Å²) < 4.78 is 42.7. The number of alkyl halides is 3. The van der Waals surface area contributed by atoms with Crippen molar-refractivity contribution in [2.24, 2.45) is 5.92 Å². The molecule has 0 aliphatic heterocycles. The van der Waals surface area contributed by atoms with E-state index in [9.17, 15) is 22.8 Å². The molecule has 1 amide bonds. The third-order valence-electron chi connectivity index (χ3n) is 3.75. The van der Waals surface area contributed by atoms with Crippen LogP contribution in [0.2, 0.25) is 0 Å². The molecular formula is C19H18F3NO4. The van der Waals surface area contributed by atoms with Crippen molar-refractivity contribution in [3.05, 3.63) is 59.7 Å². The quantitative estimate of drug-likeness (QED) is 0.761. The zero-order valence-corrected chi connectivity index (χ0v) is 14.4. The Bertz CT molecular complexity index is 786. The Balaban J connectivity index is 1.90. The second-order valence-electron chi connectivity index (χ2n) is 6.00. The van der Waals surface area contributed by atoms with Gasteiger partial charge in [0.15, 0.2) is 6.61 Å². The van der Waals surface area contributed by atoms with Crippen molar-refractivity contribution in [2.75, 3.05) is 11.9 Å². The van der Waals surface area contributed by atoms with Gasteiger partial charge in [-0.05, 0) is 48.4 Å². The summed E-state index contributed by atoms with van der Waals surface area (Å²) in [6, 6.07) is 10.9. The molecule has 2 N–H and O–H groups in total. The highest BCUT2D eigenvalue weighted by Crippen LogP contribution is 2.29. The lowest BCUT2D eigenvalue weighted by Crippen LogP contribution is -2.22. The van der Waals surface area contributed by atoms with Gasteiger partial charge in [-0.2, -0.15) is 13.2 Å². The van der Waals surface area contributed by atoms with E-state index in [2.05, 4.69) is 5.32 Å². The van der Waals surface area contributed by atoms with Gasteiger partial charge in [0.25, 0.3) is 0 Å². The first-order valence-corrected chi connectivity index (χ1v) is 8.07. The van der Waals surface area contributed by atoms with Crippen LogP contribution in [0.1, 0.15) is 18.1 Å². The minimum absolute atomic E-state index is 0.283. The van der Waals surface area contributed by atoms with Gasteiger partial charge in [-0.3, -0.25) is 4.79 Å². The first kappa shape index (κ1) is 20.3. The van der Waals surface area contributed by atoms with Gasteiger partial charge in [-0.25, -0.2) is 4.79 Å². The monoisotopic (exact) mass is 381 g/mol. The second-order valence-corrected chi connectivity index (χ2v) is 6.00. The van der Waals surface area contributed by atoms with Gasteiger partial charge in [0.1, 0.15) is 5.75 Å². The molecule has 0 aliphatic carbocycles. The number of hydrogen-bond donors (Lipinski definition) is 2. The van der Waals surface area contributed by atoms with Crippen LogP contribution in [-0.2, 0) is 22.2 Å². The van der Waals surface area contributed by atoms with E-state index in [0.29, 0.717) is 23.4 Å². The number of carboxylic acids is 1. The van der Waals surface area contributed by atoms with Gasteiger partial charge >= 0.3 is 12.1 Å². The van der Waals surface area contributed by atoms with Crippen molar-refractivity contribution >= 4 is 17.6 Å². The molecule has 0 saturated carbocycles. The van der Waals surface area contributed by atoms with Crippen molar-refractivity contribution < 1.29 is 32.6 Å². The van der Waals surface area contributed by atoms with E-state index in [1.54, 1.807) is 19.1 Å². The summed E-state index contributed by atoms with van der Waals surface area (Å²) in [7, 11) is 0. The zero-order valence-electron chi connectivity index (χ0n) is 14.4. The minimum atomic E-state index is -4.39. The maximum absolute atomic E-state index is 12.6. The molecule has 0 fully saturated rings. The Morgan fingerprint density at radius 2 is 1.67 bits per heavy atom. The number of carbonyl (C=O) groups is 2. The van der Waals surface area contributed by atoms with Crippen LogP contribution in [-0.4, -0.2) is 23.6 Å². The number of rotatable bonds is 7. The number of anilines is 1. The Morgan fingerprint density at radius 3 is 2.19 bits per heavy atom. The molecule has 1 unspecified atom stereocenters. The Hall–Kier alpha value is -3.03. The van der Waals surface area contributed by atoms with Crippen LogP contribution < -0.4 is 10.1 Å². The van der Waals surface area contributed by atoms with Gasteiger partial charge in [0.05, 0.1) is 5.56 Å². The lowest BCUT2D eigenvalue weighted by atomic mass is 9.99. The number of amides is 1. The van der Waals surface area contributed by atoms with Gasteiger partial charge < -0.3 is 15.2 Å². The number of hydrogen-bond acceptors (Lipinski definition) is 3. The molecule has 0 aromatic heterocycles. The molecule has 0 bridgehead atoms. The smallest absolute Gasteiger partial charge is 0.416 e. The van der Waals surface area contributed by atoms with Gasteiger partial charge in [0, 0.05) is 11.6 Å². The predicted molar refractivity (Wildman–Crippen MR) is 92.5 cm³/mol. The fourth-order valence-electron chi connectivity index (χ4n) is 2.32. The fourth-order valence-corrected chi connectivity index (χ4v) is 2.32. The topological polar surface area (TPSA) is 75.6 Å². The van der Waals surface area contributed by atoms with Gasteiger partial charge in [-0.15, -0.1) is 0 Å². The summed E-state index contributed by atoms with van der Waals surface area (Å²) in [6.45, 7) is 1.22. The first-order chi connectivity index (χ1) is 12.6. The highest BCUT2D eigenvalue weighted by atomic mass is 19.4. The number of aliphatic carboxylic acids is 1. The molecule has 2 rings (SSSR count). The molecule has 0 aliphatic rings. The van der Waals surface area contributed by atoms with Crippen molar-refractivity contribution in [1.82, 2.24) is 0 Å². The predicted octanol–water partition coefficient (Wildman–Crippen LogP) is 3.99. The first-order valence-electron chi connectivity index (χ1n) is 8.07. The number of carboxylic acid groups (broad SMARTS) is 1. The zero-order chi connectivity index (χ0) is 20.0.